The summed E-state index contributed by atoms with van der Waals surface area (Å²) in [6.07, 6.45) is 5.95. The van der Waals surface area contributed by atoms with E-state index in [4.69, 9.17) is 23.2 Å². The van der Waals surface area contributed by atoms with E-state index in [1.165, 1.54) is 36.7 Å². The zero-order valence-electron chi connectivity index (χ0n) is 22.9. The summed E-state index contributed by atoms with van der Waals surface area (Å²) < 4.78 is 13.8. The van der Waals surface area contributed by atoms with Crippen LogP contribution in [0.2, 0.25) is 10.0 Å². The summed E-state index contributed by atoms with van der Waals surface area (Å²) in [7, 11) is 1.92. The molecule has 214 valence electrons. The van der Waals surface area contributed by atoms with Gasteiger partial charge in [-0.2, -0.15) is 5.26 Å². The van der Waals surface area contributed by atoms with Crippen LogP contribution in [-0.4, -0.2) is 35.0 Å². The van der Waals surface area contributed by atoms with Crippen molar-refractivity contribution in [3.8, 4) is 6.07 Å². The molecule has 3 aromatic carbocycles. The van der Waals surface area contributed by atoms with Crippen LogP contribution >= 0.6 is 23.2 Å². The fourth-order valence-corrected chi connectivity index (χ4v) is 5.88. The summed E-state index contributed by atoms with van der Waals surface area (Å²) in [6, 6.07) is 18.6. The number of fused-ring (bicyclic) bond motifs is 1. The van der Waals surface area contributed by atoms with E-state index in [0.29, 0.717) is 32.9 Å². The molecule has 0 spiro atoms. The van der Waals surface area contributed by atoms with Crippen LogP contribution in [0.25, 0.3) is 10.9 Å². The molecule has 2 aliphatic heterocycles. The molecule has 8 nitrogen and oxygen atoms in total. The molecule has 6 rings (SSSR count). The van der Waals surface area contributed by atoms with Crippen molar-refractivity contribution in [2.75, 3.05) is 30.8 Å². The Morgan fingerprint density at radius 1 is 1.07 bits per heavy atom. The second kappa shape index (κ2) is 12.0. The van der Waals surface area contributed by atoms with Crippen molar-refractivity contribution in [3.63, 3.8) is 0 Å². The second-order valence-corrected chi connectivity index (χ2v) is 11.3. The molecule has 2 aliphatic rings. The Morgan fingerprint density at radius 3 is 2.62 bits per heavy atom. The number of hydrogen-bond acceptors (Lipinski definition) is 8. The number of nitriles is 1. The van der Waals surface area contributed by atoms with E-state index in [-0.39, 0.29) is 11.1 Å². The summed E-state index contributed by atoms with van der Waals surface area (Å²) in [6.45, 7) is 3.17. The fraction of sp³-hybridized carbons (Fsp3) is 0.226. The molecule has 0 saturated carbocycles. The predicted octanol–water partition coefficient (Wildman–Crippen LogP) is 6.84. The number of hydrogen-bond donors (Lipinski definition) is 4. The molecule has 3 heterocycles. The minimum absolute atomic E-state index is 0.0250. The van der Waals surface area contributed by atoms with Gasteiger partial charge >= 0.3 is 0 Å². The normalized spacial score (nSPS) is 15.8. The summed E-state index contributed by atoms with van der Waals surface area (Å²) in [4.78, 5) is 6.94. The van der Waals surface area contributed by atoms with Gasteiger partial charge < -0.3 is 16.1 Å². The van der Waals surface area contributed by atoms with Crippen molar-refractivity contribution in [3.05, 3.63) is 105 Å². The lowest BCUT2D eigenvalue weighted by molar-refractivity contribution is 0.326. The molecule has 0 aliphatic carbocycles. The van der Waals surface area contributed by atoms with Crippen LogP contribution in [0.4, 0.5) is 21.5 Å². The Hall–Kier alpha value is -4.07. The summed E-state index contributed by atoms with van der Waals surface area (Å²) in [5.74, 6) is -0.526. The van der Waals surface area contributed by atoms with Crippen LogP contribution in [0.15, 0.2) is 72.7 Å². The SMILES string of the molecule is CN1C=C(C(Nc2cc(Cl)c3ncc(C#N)c(Nc4ccc(F)c(Cl)c4)c3c2)c2cccc(CN3CCCC3)c2)NN1. The van der Waals surface area contributed by atoms with Crippen LogP contribution < -0.4 is 21.6 Å². The third kappa shape index (κ3) is 5.94. The van der Waals surface area contributed by atoms with Crippen LogP contribution in [0.1, 0.15) is 35.6 Å². The molecule has 42 heavy (non-hydrogen) atoms. The lowest BCUT2D eigenvalue weighted by Gasteiger charge is -2.23. The first-order valence-electron chi connectivity index (χ1n) is 13.7. The molecule has 11 heteroatoms. The maximum absolute atomic E-state index is 13.8. The van der Waals surface area contributed by atoms with E-state index >= 15 is 0 Å². The van der Waals surface area contributed by atoms with Crippen molar-refractivity contribution in [2.45, 2.75) is 25.4 Å². The minimum atomic E-state index is -0.526. The summed E-state index contributed by atoms with van der Waals surface area (Å²) in [5.41, 5.74) is 12.2. The van der Waals surface area contributed by atoms with Gasteiger partial charge in [0.25, 0.3) is 0 Å². The number of pyridine rings is 1. The maximum Gasteiger partial charge on any atom is 0.141 e. The van der Waals surface area contributed by atoms with Gasteiger partial charge in [-0.15, -0.1) is 5.53 Å². The first-order chi connectivity index (χ1) is 20.4. The van der Waals surface area contributed by atoms with E-state index in [0.717, 1.165) is 36.6 Å². The van der Waals surface area contributed by atoms with E-state index in [2.05, 4.69) is 61.8 Å². The Labute approximate surface area is 253 Å². The van der Waals surface area contributed by atoms with Gasteiger partial charge in [0.2, 0.25) is 0 Å². The van der Waals surface area contributed by atoms with Gasteiger partial charge in [-0.3, -0.25) is 14.9 Å². The van der Waals surface area contributed by atoms with Gasteiger partial charge in [-0.25, -0.2) is 4.39 Å². The predicted molar refractivity (Wildman–Crippen MR) is 166 cm³/mol. The van der Waals surface area contributed by atoms with Crippen LogP contribution in [0.3, 0.4) is 0 Å². The molecule has 1 aromatic heterocycles. The zero-order chi connectivity index (χ0) is 29.2. The van der Waals surface area contributed by atoms with Crippen molar-refractivity contribution in [1.82, 2.24) is 25.9 Å². The minimum Gasteiger partial charge on any atom is -0.373 e. The standard InChI is InChI=1S/C31H29Cl2FN8/c1-41-18-28(39-40-41)30(20-6-4-5-19(11-20)17-42-9-2-3-10-42)38-23-12-24-29(37-22-7-8-27(34)25(32)13-22)21(15-35)16-36-31(24)26(33)14-23/h4-8,11-14,16,18,30,38-40H,2-3,9-10,17H2,1H3,(H,36,37). The molecular formula is C31H29Cl2FN8. The molecule has 1 saturated heterocycles. The molecule has 1 unspecified atom stereocenters. The number of rotatable bonds is 8. The Balaban J connectivity index is 1.39. The average molecular weight is 604 g/mol. The van der Waals surface area contributed by atoms with E-state index in [1.807, 2.05) is 30.4 Å². The first-order valence-corrected chi connectivity index (χ1v) is 14.4. The van der Waals surface area contributed by atoms with Crippen LogP contribution in [0.5, 0.6) is 0 Å². The van der Waals surface area contributed by atoms with Crippen molar-refractivity contribution < 1.29 is 4.39 Å². The van der Waals surface area contributed by atoms with E-state index in [1.54, 1.807) is 6.07 Å². The fourth-order valence-electron chi connectivity index (χ4n) is 5.43. The molecule has 0 amide bonds. The second-order valence-electron chi connectivity index (χ2n) is 10.5. The highest BCUT2D eigenvalue weighted by Gasteiger charge is 2.23. The molecule has 1 fully saturated rings. The molecule has 0 radical (unpaired) electrons. The molecular weight excluding hydrogens is 574 g/mol. The van der Waals surface area contributed by atoms with Crippen LogP contribution in [0, 0.1) is 17.1 Å². The first kappa shape index (κ1) is 28.1. The van der Waals surface area contributed by atoms with E-state index in [9.17, 15) is 9.65 Å². The topological polar surface area (TPSA) is 91.3 Å². The average Bonchev–Trinajstić information content (AvgIpc) is 3.66. The summed E-state index contributed by atoms with van der Waals surface area (Å²) in [5, 5.41) is 19.7. The lowest BCUT2D eigenvalue weighted by Crippen LogP contribution is -2.35. The van der Waals surface area contributed by atoms with Crippen molar-refractivity contribution in [2.24, 2.45) is 0 Å². The van der Waals surface area contributed by atoms with Gasteiger partial charge in [-0.05, 0) is 67.4 Å². The smallest absolute Gasteiger partial charge is 0.141 e. The highest BCUT2D eigenvalue weighted by Crippen LogP contribution is 2.37. The Bertz CT molecular complexity index is 1710. The molecule has 4 N–H and O–H groups in total. The molecule has 4 aromatic rings. The number of hydrazine groups is 2. The van der Waals surface area contributed by atoms with Crippen molar-refractivity contribution >= 4 is 51.2 Å². The highest BCUT2D eigenvalue weighted by molar-refractivity contribution is 6.36. The number of nitrogens with zero attached hydrogens (tertiary/aromatic N) is 4. The molecule has 1 atom stereocenters. The zero-order valence-corrected chi connectivity index (χ0v) is 24.4. The third-order valence-corrected chi connectivity index (χ3v) is 8.03. The Kier molecular flexibility index (Phi) is 8.05. The monoisotopic (exact) mass is 602 g/mol. The number of nitrogens with one attached hydrogen (secondary N) is 4. The number of likely N-dealkylation sites (tertiary alicyclic amines) is 1. The quantitative estimate of drug-likeness (QED) is 0.174. The van der Waals surface area contributed by atoms with Gasteiger partial charge in [0, 0.05) is 42.8 Å². The largest absolute Gasteiger partial charge is 0.373 e. The van der Waals surface area contributed by atoms with Gasteiger partial charge in [0.1, 0.15) is 11.9 Å². The third-order valence-electron chi connectivity index (χ3n) is 7.45. The molecule has 0 bridgehead atoms. The van der Waals surface area contributed by atoms with Gasteiger partial charge in [0.15, 0.2) is 0 Å². The lowest BCUT2D eigenvalue weighted by atomic mass is 10.0. The highest BCUT2D eigenvalue weighted by atomic mass is 35.5. The number of aromatic nitrogens is 1. The number of anilines is 3. The Morgan fingerprint density at radius 2 is 1.88 bits per heavy atom. The maximum atomic E-state index is 13.8. The van der Waals surface area contributed by atoms with Gasteiger partial charge in [-0.1, -0.05) is 47.5 Å². The van der Waals surface area contributed by atoms with E-state index < -0.39 is 5.82 Å². The van der Waals surface area contributed by atoms with Crippen LogP contribution in [-0.2, 0) is 6.54 Å². The number of halogens is 3. The number of benzene rings is 3. The summed E-state index contributed by atoms with van der Waals surface area (Å²) >= 11 is 12.8. The van der Waals surface area contributed by atoms with Gasteiger partial charge in [0.05, 0.1) is 38.6 Å². The van der Waals surface area contributed by atoms with Crippen molar-refractivity contribution in [1.29, 1.82) is 5.26 Å².